The van der Waals surface area contributed by atoms with E-state index < -0.39 is 12.6 Å². The maximum atomic E-state index is 12.2. The van der Waals surface area contributed by atoms with Crippen LogP contribution >= 0.6 is 15.9 Å². The van der Waals surface area contributed by atoms with Gasteiger partial charge in [-0.1, -0.05) is 28.1 Å². The highest BCUT2D eigenvalue weighted by atomic mass is 79.9. The standard InChI is InChI=1S/C11H11BrFN3.C3H4F2/c12-9-3-1-8(2-4-9)10-7-11(14)16(15-10)6-5-13;4-3(5)1-2-3/h1-4,7H,5-6,14H2;1-2H2. The molecule has 1 aliphatic rings. The smallest absolute Gasteiger partial charge is 0.248 e. The van der Waals surface area contributed by atoms with Gasteiger partial charge in [-0.15, -0.1) is 0 Å². The number of alkyl halides is 3. The Morgan fingerprint density at radius 1 is 1.24 bits per heavy atom. The van der Waals surface area contributed by atoms with Crippen LogP contribution in [0.3, 0.4) is 0 Å². The molecule has 2 N–H and O–H groups in total. The normalized spacial score (nSPS) is 15.2. The number of halogens is 4. The van der Waals surface area contributed by atoms with Crippen molar-refractivity contribution >= 4 is 21.7 Å². The van der Waals surface area contributed by atoms with Crippen LogP contribution in [0.5, 0.6) is 0 Å². The van der Waals surface area contributed by atoms with Crippen LogP contribution in [0, 0.1) is 0 Å². The Bertz CT molecular complexity index is 590. The Morgan fingerprint density at radius 3 is 2.29 bits per heavy atom. The second-order valence-electron chi connectivity index (χ2n) is 4.73. The minimum absolute atomic E-state index is 0.118. The van der Waals surface area contributed by atoms with Crippen molar-refractivity contribution in [1.82, 2.24) is 9.78 Å². The fourth-order valence-electron chi connectivity index (χ4n) is 1.55. The van der Waals surface area contributed by atoms with E-state index in [0.717, 1.165) is 15.7 Å². The van der Waals surface area contributed by atoms with Gasteiger partial charge in [0.15, 0.2) is 0 Å². The lowest BCUT2D eigenvalue weighted by atomic mass is 10.2. The maximum absolute atomic E-state index is 12.2. The quantitative estimate of drug-likeness (QED) is 0.886. The highest BCUT2D eigenvalue weighted by molar-refractivity contribution is 9.10. The summed E-state index contributed by atoms with van der Waals surface area (Å²) in [6, 6.07) is 9.48. The van der Waals surface area contributed by atoms with Crippen molar-refractivity contribution in [2.24, 2.45) is 0 Å². The topological polar surface area (TPSA) is 43.8 Å². The summed E-state index contributed by atoms with van der Waals surface area (Å²) in [7, 11) is 0. The molecule has 0 spiro atoms. The van der Waals surface area contributed by atoms with E-state index in [1.54, 1.807) is 6.07 Å². The van der Waals surface area contributed by atoms with E-state index in [1.807, 2.05) is 24.3 Å². The Kier molecular flexibility index (Phi) is 4.92. The van der Waals surface area contributed by atoms with Gasteiger partial charge < -0.3 is 5.73 Å². The molecule has 1 fully saturated rings. The average Bonchev–Trinajstić information content (AvgIpc) is 3.01. The SMILES string of the molecule is FC1(F)CC1.Nc1cc(-c2ccc(Br)cc2)nn1CCF. The van der Waals surface area contributed by atoms with Gasteiger partial charge in [0, 0.05) is 28.9 Å². The molecule has 1 saturated carbocycles. The highest BCUT2D eigenvalue weighted by Gasteiger charge is 2.43. The number of benzene rings is 1. The Labute approximate surface area is 129 Å². The molecule has 0 atom stereocenters. The van der Waals surface area contributed by atoms with Crippen molar-refractivity contribution in [2.45, 2.75) is 25.3 Å². The van der Waals surface area contributed by atoms with Gasteiger partial charge in [-0.05, 0) is 12.1 Å². The molecular weight excluding hydrogens is 347 g/mol. The molecule has 0 radical (unpaired) electrons. The van der Waals surface area contributed by atoms with Gasteiger partial charge in [-0.25, -0.2) is 17.9 Å². The third-order valence-electron chi connectivity index (χ3n) is 2.88. The van der Waals surface area contributed by atoms with Gasteiger partial charge in [0.05, 0.1) is 12.2 Å². The number of anilines is 1. The van der Waals surface area contributed by atoms with Crippen molar-refractivity contribution in [2.75, 3.05) is 12.4 Å². The molecule has 0 amide bonds. The van der Waals surface area contributed by atoms with Crippen LogP contribution < -0.4 is 5.73 Å². The largest absolute Gasteiger partial charge is 0.384 e. The summed E-state index contributed by atoms with van der Waals surface area (Å²) in [5.74, 6) is -1.77. The molecule has 2 aromatic rings. The zero-order valence-corrected chi connectivity index (χ0v) is 12.8. The number of hydrogen-bond donors (Lipinski definition) is 1. The summed E-state index contributed by atoms with van der Waals surface area (Å²) in [6.07, 6.45) is 0.236. The van der Waals surface area contributed by atoms with Crippen molar-refractivity contribution in [3.63, 3.8) is 0 Å². The molecule has 1 heterocycles. The molecule has 1 aromatic heterocycles. The maximum Gasteiger partial charge on any atom is 0.248 e. The number of aromatic nitrogens is 2. The van der Waals surface area contributed by atoms with E-state index in [-0.39, 0.29) is 19.4 Å². The Hall–Kier alpha value is -1.50. The number of nitrogens with two attached hydrogens (primary N) is 1. The van der Waals surface area contributed by atoms with E-state index in [1.165, 1.54) is 4.68 Å². The summed E-state index contributed by atoms with van der Waals surface area (Å²) < 4.78 is 36.9. The fraction of sp³-hybridized carbons (Fsp3) is 0.357. The molecule has 0 unspecified atom stereocenters. The van der Waals surface area contributed by atoms with E-state index in [2.05, 4.69) is 21.0 Å². The minimum atomic E-state index is -2.25. The third kappa shape index (κ3) is 4.77. The van der Waals surface area contributed by atoms with Crippen LogP contribution in [-0.2, 0) is 6.54 Å². The first kappa shape index (κ1) is 15.9. The van der Waals surface area contributed by atoms with E-state index in [9.17, 15) is 13.2 Å². The van der Waals surface area contributed by atoms with Gasteiger partial charge in [-0.3, -0.25) is 0 Å². The van der Waals surface area contributed by atoms with Crippen molar-refractivity contribution < 1.29 is 13.2 Å². The molecule has 3 nitrogen and oxygen atoms in total. The number of aryl methyl sites for hydroxylation is 1. The van der Waals surface area contributed by atoms with Crippen molar-refractivity contribution in [3.05, 3.63) is 34.8 Å². The number of hydrogen-bond acceptors (Lipinski definition) is 2. The van der Waals surface area contributed by atoms with Crippen molar-refractivity contribution in [1.29, 1.82) is 0 Å². The van der Waals surface area contributed by atoms with Gasteiger partial charge in [-0.2, -0.15) is 5.10 Å². The number of rotatable bonds is 3. The molecule has 3 rings (SSSR count). The monoisotopic (exact) mass is 361 g/mol. The Morgan fingerprint density at radius 2 is 1.81 bits per heavy atom. The lowest BCUT2D eigenvalue weighted by molar-refractivity contribution is 0.120. The van der Waals surface area contributed by atoms with Gasteiger partial charge in [0.1, 0.15) is 12.5 Å². The van der Waals surface area contributed by atoms with Crippen molar-refractivity contribution in [3.8, 4) is 11.3 Å². The summed E-state index contributed by atoms with van der Waals surface area (Å²) in [6.45, 7) is -0.270. The van der Waals surface area contributed by atoms with Crippen LogP contribution in [0.25, 0.3) is 11.3 Å². The predicted molar refractivity (Wildman–Crippen MR) is 79.9 cm³/mol. The fourth-order valence-corrected chi connectivity index (χ4v) is 1.81. The molecule has 1 aromatic carbocycles. The van der Waals surface area contributed by atoms with E-state index in [4.69, 9.17) is 5.73 Å². The lowest BCUT2D eigenvalue weighted by Gasteiger charge is -1.98. The summed E-state index contributed by atoms with van der Waals surface area (Å²) in [5, 5.41) is 4.24. The molecule has 7 heteroatoms. The molecular formula is C14H15BrF3N3. The highest BCUT2D eigenvalue weighted by Crippen LogP contribution is 2.40. The molecule has 0 saturated heterocycles. The molecule has 114 valence electrons. The molecule has 0 bridgehead atoms. The number of nitrogens with zero attached hydrogens (tertiary/aromatic N) is 2. The summed E-state index contributed by atoms with van der Waals surface area (Å²) in [4.78, 5) is 0. The first-order valence-corrected chi connectivity index (χ1v) is 7.24. The Balaban J connectivity index is 0.000000272. The van der Waals surface area contributed by atoms with Crippen LogP contribution in [0.15, 0.2) is 34.8 Å². The number of nitrogen functional groups attached to an aromatic ring is 1. The second kappa shape index (κ2) is 6.51. The van der Waals surface area contributed by atoms with Crippen LogP contribution in [0.2, 0.25) is 0 Å². The first-order valence-electron chi connectivity index (χ1n) is 6.44. The third-order valence-corrected chi connectivity index (χ3v) is 3.40. The zero-order chi connectivity index (χ0) is 15.5. The van der Waals surface area contributed by atoms with Crippen LogP contribution in [0.4, 0.5) is 19.0 Å². The minimum Gasteiger partial charge on any atom is -0.384 e. The zero-order valence-electron chi connectivity index (χ0n) is 11.2. The average molecular weight is 362 g/mol. The van der Waals surface area contributed by atoms with Gasteiger partial charge in [0.25, 0.3) is 0 Å². The van der Waals surface area contributed by atoms with Gasteiger partial charge in [0.2, 0.25) is 5.92 Å². The summed E-state index contributed by atoms with van der Waals surface area (Å²) in [5.41, 5.74) is 7.45. The van der Waals surface area contributed by atoms with E-state index in [0.29, 0.717) is 5.82 Å². The van der Waals surface area contributed by atoms with E-state index >= 15 is 0 Å². The van der Waals surface area contributed by atoms with Crippen LogP contribution in [0.1, 0.15) is 12.8 Å². The molecule has 1 aliphatic carbocycles. The predicted octanol–water partition coefficient (Wildman–Crippen LogP) is 4.28. The van der Waals surface area contributed by atoms with Gasteiger partial charge >= 0.3 is 0 Å². The molecule has 0 aliphatic heterocycles. The second-order valence-corrected chi connectivity index (χ2v) is 5.65. The first-order chi connectivity index (χ1) is 9.91. The lowest BCUT2D eigenvalue weighted by Crippen LogP contribution is -2.05. The molecule has 21 heavy (non-hydrogen) atoms. The summed E-state index contributed by atoms with van der Waals surface area (Å²) >= 11 is 3.36. The van der Waals surface area contributed by atoms with Crippen LogP contribution in [-0.4, -0.2) is 22.4 Å².